The van der Waals surface area contributed by atoms with Gasteiger partial charge in [-0.25, -0.2) is 0 Å². The highest BCUT2D eigenvalue weighted by atomic mass is 19.4. The monoisotopic (exact) mass is 290 g/mol. The van der Waals surface area contributed by atoms with Gasteiger partial charge in [0.1, 0.15) is 5.75 Å². The second kappa shape index (κ2) is 5.06. The lowest BCUT2D eigenvalue weighted by molar-refractivity contribution is -0.253. The Morgan fingerprint density at radius 3 is 2.05 bits per heavy atom. The standard InChI is InChI=1S/C10H5F7O2/c11-8(12)10(16,17)19-6-4-2-1-3-5(6)7(18)9(13,14)15/h1-4,8H. The Hall–Kier alpha value is -1.80. The van der Waals surface area contributed by atoms with Crippen molar-refractivity contribution in [1.82, 2.24) is 0 Å². The molecular formula is C10H5F7O2. The van der Waals surface area contributed by atoms with E-state index >= 15 is 0 Å². The molecule has 1 rings (SSSR count). The van der Waals surface area contributed by atoms with E-state index in [0.717, 1.165) is 12.1 Å². The van der Waals surface area contributed by atoms with Crippen LogP contribution in [0.25, 0.3) is 0 Å². The SMILES string of the molecule is O=C(c1ccccc1OC(F)(F)C(F)F)C(F)(F)F. The first kappa shape index (κ1) is 15.3. The molecule has 19 heavy (non-hydrogen) atoms. The van der Waals surface area contributed by atoms with E-state index in [1.54, 1.807) is 0 Å². The zero-order valence-corrected chi connectivity index (χ0v) is 8.85. The topological polar surface area (TPSA) is 26.3 Å². The molecular weight excluding hydrogens is 285 g/mol. The number of rotatable bonds is 4. The number of ether oxygens (including phenoxy) is 1. The molecule has 0 aliphatic heterocycles. The number of hydrogen-bond acceptors (Lipinski definition) is 2. The van der Waals surface area contributed by atoms with Crippen molar-refractivity contribution >= 4 is 5.78 Å². The van der Waals surface area contributed by atoms with Gasteiger partial charge in [-0.1, -0.05) is 12.1 Å². The maximum Gasteiger partial charge on any atom is 0.461 e. The molecule has 1 aromatic rings. The minimum absolute atomic E-state index is 0.548. The quantitative estimate of drug-likeness (QED) is 0.624. The molecule has 0 bridgehead atoms. The van der Waals surface area contributed by atoms with E-state index in [0.29, 0.717) is 12.1 Å². The molecule has 106 valence electrons. The van der Waals surface area contributed by atoms with Crippen molar-refractivity contribution in [3.05, 3.63) is 29.8 Å². The molecule has 0 saturated heterocycles. The molecule has 0 saturated carbocycles. The largest absolute Gasteiger partial charge is 0.461 e. The maximum atomic E-state index is 12.6. The average Bonchev–Trinajstić information content (AvgIpc) is 2.27. The summed E-state index contributed by atoms with van der Waals surface area (Å²) in [6.45, 7) is 0. The number of carbonyl (C=O) groups is 1. The van der Waals surface area contributed by atoms with Crippen LogP contribution in [0.1, 0.15) is 10.4 Å². The molecule has 0 amide bonds. The predicted molar refractivity (Wildman–Crippen MR) is 48.4 cm³/mol. The molecule has 0 aliphatic rings. The van der Waals surface area contributed by atoms with Gasteiger partial charge in [0.2, 0.25) is 0 Å². The fraction of sp³-hybridized carbons (Fsp3) is 0.300. The fourth-order valence-corrected chi connectivity index (χ4v) is 1.09. The Morgan fingerprint density at radius 1 is 1.05 bits per heavy atom. The normalized spacial score (nSPS) is 12.6. The van der Waals surface area contributed by atoms with Crippen LogP contribution in [-0.2, 0) is 0 Å². The van der Waals surface area contributed by atoms with E-state index in [4.69, 9.17) is 0 Å². The van der Waals surface area contributed by atoms with Gasteiger partial charge in [-0.05, 0) is 12.1 Å². The van der Waals surface area contributed by atoms with Crippen LogP contribution in [0.4, 0.5) is 30.7 Å². The first-order chi connectivity index (χ1) is 8.55. The molecule has 2 nitrogen and oxygen atoms in total. The van der Waals surface area contributed by atoms with E-state index in [1.165, 1.54) is 0 Å². The summed E-state index contributed by atoms with van der Waals surface area (Å²) in [7, 11) is 0. The second-order valence-corrected chi connectivity index (χ2v) is 3.29. The zero-order valence-electron chi connectivity index (χ0n) is 8.85. The number of Topliss-reactive ketones (excluding diaryl/α,β-unsaturated/α-hetero) is 1. The molecule has 9 heteroatoms. The number of hydrogen-bond donors (Lipinski definition) is 0. The summed E-state index contributed by atoms with van der Waals surface area (Å²) in [5.41, 5.74) is -1.27. The Kier molecular flexibility index (Phi) is 4.06. The summed E-state index contributed by atoms with van der Waals surface area (Å²) in [5, 5.41) is 0. The molecule has 0 heterocycles. The van der Waals surface area contributed by atoms with Crippen molar-refractivity contribution in [2.75, 3.05) is 0 Å². The summed E-state index contributed by atoms with van der Waals surface area (Å²) in [6, 6.07) is 3.03. The number of alkyl halides is 7. The van der Waals surface area contributed by atoms with Gasteiger partial charge in [0.25, 0.3) is 5.78 Å². The summed E-state index contributed by atoms with van der Waals surface area (Å²) in [4.78, 5) is 10.9. The van der Waals surface area contributed by atoms with Gasteiger partial charge in [-0.15, -0.1) is 0 Å². The van der Waals surface area contributed by atoms with Gasteiger partial charge < -0.3 is 4.74 Å². The molecule has 0 spiro atoms. The minimum atomic E-state index is -5.33. The van der Waals surface area contributed by atoms with Crippen LogP contribution < -0.4 is 4.74 Å². The van der Waals surface area contributed by atoms with Crippen LogP contribution in [0.5, 0.6) is 5.75 Å². The fourth-order valence-electron chi connectivity index (χ4n) is 1.09. The average molecular weight is 290 g/mol. The number of ketones is 1. The number of para-hydroxylation sites is 1. The summed E-state index contributed by atoms with van der Waals surface area (Å²) in [5.74, 6) is -3.73. The molecule has 0 aromatic heterocycles. The summed E-state index contributed by atoms with van der Waals surface area (Å²) < 4.78 is 89.0. The van der Waals surface area contributed by atoms with E-state index < -0.39 is 35.8 Å². The van der Waals surface area contributed by atoms with E-state index in [1.807, 2.05) is 0 Å². The van der Waals surface area contributed by atoms with E-state index in [9.17, 15) is 35.5 Å². The van der Waals surface area contributed by atoms with Gasteiger partial charge in [0.15, 0.2) is 0 Å². The third-order valence-electron chi connectivity index (χ3n) is 1.89. The van der Waals surface area contributed by atoms with E-state index in [-0.39, 0.29) is 0 Å². The highest BCUT2D eigenvalue weighted by molar-refractivity contribution is 6.02. The number of halogens is 7. The Labute approximate surface area is 101 Å². The first-order valence-corrected chi connectivity index (χ1v) is 4.61. The molecule has 1 aromatic carbocycles. The van der Waals surface area contributed by atoms with Crippen LogP contribution in [0.15, 0.2) is 24.3 Å². The number of benzene rings is 1. The van der Waals surface area contributed by atoms with Crippen LogP contribution >= 0.6 is 0 Å². The molecule has 0 aliphatic carbocycles. The highest BCUT2D eigenvalue weighted by Gasteiger charge is 2.46. The summed E-state index contributed by atoms with van der Waals surface area (Å²) in [6.07, 6.45) is -14.6. The molecule has 0 N–H and O–H groups in total. The Morgan fingerprint density at radius 2 is 1.58 bits per heavy atom. The van der Waals surface area contributed by atoms with E-state index in [2.05, 4.69) is 4.74 Å². The van der Waals surface area contributed by atoms with Crippen molar-refractivity contribution < 1.29 is 40.3 Å². The summed E-state index contributed by atoms with van der Waals surface area (Å²) >= 11 is 0. The predicted octanol–water partition coefficient (Wildman–Crippen LogP) is 3.67. The lowest BCUT2D eigenvalue weighted by Gasteiger charge is -2.18. The maximum absolute atomic E-state index is 12.6. The second-order valence-electron chi connectivity index (χ2n) is 3.29. The minimum Gasteiger partial charge on any atom is -0.428 e. The first-order valence-electron chi connectivity index (χ1n) is 4.61. The number of carbonyl (C=O) groups excluding carboxylic acids is 1. The highest BCUT2D eigenvalue weighted by Crippen LogP contribution is 2.32. The van der Waals surface area contributed by atoms with Gasteiger partial charge in [-0.2, -0.15) is 30.7 Å². The van der Waals surface area contributed by atoms with Crippen molar-refractivity contribution in [2.24, 2.45) is 0 Å². The van der Waals surface area contributed by atoms with Gasteiger partial charge in [0.05, 0.1) is 5.56 Å². The Balaban J connectivity index is 3.14. The van der Waals surface area contributed by atoms with Crippen LogP contribution in [0, 0.1) is 0 Å². The van der Waals surface area contributed by atoms with Crippen molar-refractivity contribution in [3.63, 3.8) is 0 Å². The van der Waals surface area contributed by atoms with Crippen LogP contribution in [0.2, 0.25) is 0 Å². The van der Waals surface area contributed by atoms with Gasteiger partial charge in [-0.3, -0.25) is 4.79 Å². The molecule has 0 atom stereocenters. The van der Waals surface area contributed by atoms with Gasteiger partial charge >= 0.3 is 18.7 Å². The van der Waals surface area contributed by atoms with Crippen LogP contribution in [-0.4, -0.2) is 24.5 Å². The zero-order chi connectivity index (χ0) is 14.8. The third-order valence-corrected chi connectivity index (χ3v) is 1.89. The van der Waals surface area contributed by atoms with Crippen molar-refractivity contribution in [1.29, 1.82) is 0 Å². The lowest BCUT2D eigenvalue weighted by atomic mass is 10.1. The lowest BCUT2D eigenvalue weighted by Crippen LogP contribution is -2.34. The van der Waals surface area contributed by atoms with Crippen molar-refractivity contribution in [3.8, 4) is 5.75 Å². The smallest absolute Gasteiger partial charge is 0.428 e. The van der Waals surface area contributed by atoms with Gasteiger partial charge in [0, 0.05) is 0 Å². The Bertz CT molecular complexity index is 467. The molecule has 0 fully saturated rings. The van der Waals surface area contributed by atoms with Crippen molar-refractivity contribution in [2.45, 2.75) is 18.7 Å². The molecule has 0 radical (unpaired) electrons. The van der Waals surface area contributed by atoms with Crippen LogP contribution in [0.3, 0.4) is 0 Å². The molecule has 0 unspecified atom stereocenters. The third kappa shape index (κ3) is 3.58.